The summed E-state index contributed by atoms with van der Waals surface area (Å²) in [5.41, 5.74) is 0.873. The van der Waals surface area contributed by atoms with Gasteiger partial charge in [-0.05, 0) is 80.7 Å². The van der Waals surface area contributed by atoms with Crippen LogP contribution in [-0.4, -0.2) is 72.3 Å². The van der Waals surface area contributed by atoms with Gasteiger partial charge in [-0.15, -0.1) is 0 Å². The normalized spacial score (nSPS) is 16.5. The number of hydrogen-bond acceptors (Lipinski definition) is 10. The molecule has 0 radical (unpaired) electrons. The van der Waals surface area contributed by atoms with Gasteiger partial charge in [0.1, 0.15) is 0 Å². The molecule has 0 bridgehead atoms. The number of ether oxygens (including phenoxy) is 1. The van der Waals surface area contributed by atoms with E-state index in [4.69, 9.17) is 16.3 Å². The maximum Gasteiger partial charge on any atom is 0.422 e. The molecule has 2 aromatic carbocycles. The highest BCUT2D eigenvalue weighted by molar-refractivity contribution is 7.90. The van der Waals surface area contributed by atoms with E-state index in [9.17, 15) is 26.4 Å². The van der Waals surface area contributed by atoms with Crippen molar-refractivity contribution in [2.75, 3.05) is 42.6 Å². The van der Waals surface area contributed by atoms with E-state index in [-0.39, 0.29) is 23.2 Å². The Morgan fingerprint density at radius 1 is 0.977 bits per heavy atom. The molecule has 2 heterocycles. The summed E-state index contributed by atoms with van der Waals surface area (Å²) in [7, 11) is -3.82. The first-order valence-corrected chi connectivity index (χ1v) is 15.6. The van der Waals surface area contributed by atoms with Crippen molar-refractivity contribution in [2.45, 2.75) is 37.4 Å². The summed E-state index contributed by atoms with van der Waals surface area (Å²) in [6, 6.07) is 12.4. The lowest BCUT2D eigenvalue weighted by Crippen LogP contribution is -2.36. The van der Waals surface area contributed by atoms with E-state index in [2.05, 4.69) is 30.3 Å². The molecule has 2 fully saturated rings. The third-order valence-corrected chi connectivity index (χ3v) is 8.47. The molecule has 1 saturated carbocycles. The number of nitrogens with one attached hydrogen (secondary N) is 3. The molecule has 1 amide bonds. The molecule has 0 unspecified atom stereocenters. The molecular formula is C27H29ClF3N7O4S. The van der Waals surface area contributed by atoms with Crippen LogP contribution in [-0.2, 0) is 15.6 Å². The van der Waals surface area contributed by atoms with Gasteiger partial charge in [0.25, 0.3) is 5.91 Å². The second kappa shape index (κ2) is 12.5. The smallest absolute Gasteiger partial charge is 0.422 e. The van der Waals surface area contributed by atoms with E-state index < -0.39 is 40.3 Å². The van der Waals surface area contributed by atoms with Crippen molar-refractivity contribution in [1.29, 1.82) is 0 Å². The standard InChI is InChI=1S/C27H29ClF3N7O4S/c28-20-7-5-19(6-8-20)26(11-12-26)36-24-33-23(34-25(35-24)42-17-27(29,30)31)32-21-9-3-18(4-10-21)22(39)37-43(40,41)16-15-38-13-1-2-14-38/h3-10H,1-2,11-17H2,(H,37,39)(H2,32,33,34,35,36). The SMILES string of the molecule is O=C(NS(=O)(=O)CCN1CCCC1)c1ccc(Nc2nc(NC3(c4ccc(Cl)cc4)CC3)nc(OCC(F)(F)F)n2)cc1. The largest absolute Gasteiger partial charge is 0.454 e. The molecule has 11 nitrogen and oxygen atoms in total. The maximum atomic E-state index is 12.8. The average Bonchev–Trinajstić information content (AvgIpc) is 3.52. The van der Waals surface area contributed by atoms with Gasteiger partial charge in [0.05, 0.1) is 11.3 Å². The van der Waals surface area contributed by atoms with Gasteiger partial charge in [-0.25, -0.2) is 13.1 Å². The average molecular weight is 640 g/mol. The molecule has 1 saturated heterocycles. The number of carbonyl (C=O) groups excluding carboxylic acids is 1. The monoisotopic (exact) mass is 639 g/mol. The summed E-state index contributed by atoms with van der Waals surface area (Å²) < 4.78 is 70.1. The lowest BCUT2D eigenvalue weighted by atomic mass is 10.1. The number of sulfonamides is 1. The molecule has 16 heteroatoms. The number of hydrogen-bond donors (Lipinski definition) is 3. The van der Waals surface area contributed by atoms with E-state index in [1.165, 1.54) is 24.3 Å². The van der Waals surface area contributed by atoms with Gasteiger partial charge in [-0.1, -0.05) is 23.7 Å². The van der Waals surface area contributed by atoms with Crippen LogP contribution < -0.4 is 20.1 Å². The van der Waals surface area contributed by atoms with Crippen LogP contribution in [0.1, 0.15) is 41.6 Å². The number of likely N-dealkylation sites (tertiary alicyclic amines) is 1. The van der Waals surface area contributed by atoms with E-state index in [1.807, 2.05) is 17.0 Å². The molecule has 0 spiro atoms. The third-order valence-electron chi connectivity index (χ3n) is 7.00. The van der Waals surface area contributed by atoms with Crippen molar-refractivity contribution in [3.05, 3.63) is 64.7 Å². The summed E-state index contributed by atoms with van der Waals surface area (Å²) in [6.45, 7) is 0.443. The van der Waals surface area contributed by atoms with Crippen LogP contribution in [0.3, 0.4) is 0 Å². The third kappa shape index (κ3) is 8.67. The Morgan fingerprint density at radius 3 is 2.26 bits per heavy atom. The number of alkyl halides is 3. The quantitative estimate of drug-likeness (QED) is 0.260. The van der Waals surface area contributed by atoms with Crippen molar-refractivity contribution in [3.63, 3.8) is 0 Å². The molecule has 3 aromatic rings. The number of amides is 1. The second-order valence-corrected chi connectivity index (χ2v) is 12.7. The van der Waals surface area contributed by atoms with Gasteiger partial charge in [0.2, 0.25) is 21.9 Å². The fraction of sp³-hybridized carbons (Fsp3) is 0.407. The molecule has 0 atom stereocenters. The Hall–Kier alpha value is -3.69. The molecule has 43 heavy (non-hydrogen) atoms. The Balaban J connectivity index is 1.27. The number of carbonyl (C=O) groups is 1. The number of anilines is 3. The highest BCUT2D eigenvalue weighted by Crippen LogP contribution is 2.48. The number of halogens is 4. The zero-order valence-electron chi connectivity index (χ0n) is 22.8. The van der Waals surface area contributed by atoms with Crippen LogP contribution >= 0.6 is 11.6 Å². The van der Waals surface area contributed by atoms with Gasteiger partial charge in [0.15, 0.2) is 6.61 Å². The Kier molecular flexibility index (Phi) is 8.94. The fourth-order valence-electron chi connectivity index (χ4n) is 4.61. The van der Waals surface area contributed by atoms with Gasteiger partial charge in [-0.3, -0.25) is 4.79 Å². The Labute approximate surface area is 251 Å². The van der Waals surface area contributed by atoms with E-state index in [1.54, 1.807) is 12.1 Å². The molecule has 230 valence electrons. The minimum Gasteiger partial charge on any atom is -0.454 e. The molecule has 5 rings (SSSR count). The van der Waals surface area contributed by atoms with E-state index in [0.29, 0.717) is 17.3 Å². The lowest BCUT2D eigenvalue weighted by molar-refractivity contribution is -0.154. The molecule has 1 aliphatic heterocycles. The molecule has 2 aliphatic rings. The minimum atomic E-state index is -4.60. The fourth-order valence-corrected chi connectivity index (χ4v) is 5.74. The summed E-state index contributed by atoms with van der Waals surface area (Å²) in [5, 5.41) is 6.61. The zero-order chi connectivity index (χ0) is 30.7. The minimum absolute atomic E-state index is 0.00254. The van der Waals surface area contributed by atoms with E-state index in [0.717, 1.165) is 44.3 Å². The number of nitrogens with zero attached hydrogens (tertiary/aromatic N) is 4. The molecule has 1 aromatic heterocycles. The summed E-state index contributed by atoms with van der Waals surface area (Å²) in [6.07, 6.45) is -1.08. The van der Waals surface area contributed by atoms with Crippen molar-refractivity contribution in [2.24, 2.45) is 0 Å². The topological polar surface area (TPSA) is 138 Å². The van der Waals surface area contributed by atoms with Gasteiger partial charge in [0, 0.05) is 22.8 Å². The molecule has 1 aliphatic carbocycles. The van der Waals surface area contributed by atoms with Crippen LogP contribution in [0.5, 0.6) is 6.01 Å². The van der Waals surface area contributed by atoms with Gasteiger partial charge < -0.3 is 20.3 Å². The second-order valence-electron chi connectivity index (χ2n) is 10.4. The highest BCUT2D eigenvalue weighted by Gasteiger charge is 2.45. The number of benzene rings is 2. The van der Waals surface area contributed by atoms with Crippen molar-refractivity contribution >= 4 is 45.1 Å². The summed E-state index contributed by atoms with van der Waals surface area (Å²) in [5.74, 6) is -1.08. The van der Waals surface area contributed by atoms with E-state index >= 15 is 0 Å². The van der Waals surface area contributed by atoms with Crippen LogP contribution in [0.25, 0.3) is 0 Å². The first-order valence-electron chi connectivity index (χ1n) is 13.5. The number of aromatic nitrogens is 3. The maximum absolute atomic E-state index is 12.8. The van der Waals surface area contributed by atoms with Crippen molar-refractivity contribution in [3.8, 4) is 6.01 Å². The van der Waals surface area contributed by atoms with Crippen molar-refractivity contribution < 1.29 is 31.1 Å². The first-order chi connectivity index (χ1) is 20.4. The predicted octanol–water partition coefficient (Wildman–Crippen LogP) is 4.47. The Morgan fingerprint density at radius 2 is 1.63 bits per heavy atom. The molecular weight excluding hydrogens is 611 g/mol. The Bertz CT molecular complexity index is 1550. The highest BCUT2D eigenvalue weighted by atomic mass is 35.5. The van der Waals surface area contributed by atoms with Crippen LogP contribution in [0.15, 0.2) is 48.5 Å². The van der Waals surface area contributed by atoms with Crippen LogP contribution in [0.4, 0.5) is 30.8 Å². The lowest BCUT2D eigenvalue weighted by Gasteiger charge is -2.19. The summed E-state index contributed by atoms with van der Waals surface area (Å²) >= 11 is 6.00. The summed E-state index contributed by atoms with van der Waals surface area (Å²) in [4.78, 5) is 26.9. The molecule has 3 N–H and O–H groups in total. The van der Waals surface area contributed by atoms with Crippen LogP contribution in [0, 0.1) is 0 Å². The first kappa shape index (κ1) is 30.8. The number of rotatable bonds is 12. The van der Waals surface area contributed by atoms with Crippen molar-refractivity contribution in [1.82, 2.24) is 24.6 Å². The zero-order valence-corrected chi connectivity index (χ0v) is 24.4. The van der Waals surface area contributed by atoms with Gasteiger partial charge in [-0.2, -0.15) is 28.1 Å². The predicted molar refractivity (Wildman–Crippen MR) is 154 cm³/mol. The van der Waals surface area contributed by atoms with Crippen LogP contribution in [0.2, 0.25) is 5.02 Å². The van der Waals surface area contributed by atoms with Gasteiger partial charge >= 0.3 is 12.2 Å².